The van der Waals surface area contributed by atoms with Crippen LogP contribution in [0.25, 0.3) is 0 Å². The lowest BCUT2D eigenvalue weighted by Crippen LogP contribution is -2.41. The highest BCUT2D eigenvalue weighted by Crippen LogP contribution is 2.09. The summed E-state index contributed by atoms with van der Waals surface area (Å²) in [5, 5.41) is 29.5. The molecule has 2 amide bonds. The van der Waals surface area contributed by atoms with Crippen molar-refractivity contribution in [3.63, 3.8) is 0 Å². The Balaban J connectivity index is 2.34. The van der Waals surface area contributed by atoms with Crippen LogP contribution in [0.4, 0.5) is 4.79 Å². The van der Waals surface area contributed by atoms with Gasteiger partial charge in [0.2, 0.25) is 0 Å². The second-order valence-corrected chi connectivity index (χ2v) is 3.97. The van der Waals surface area contributed by atoms with Crippen molar-refractivity contribution in [2.75, 3.05) is 19.6 Å². The van der Waals surface area contributed by atoms with Gasteiger partial charge in [-0.15, -0.1) is 0 Å². The highest BCUT2D eigenvalue weighted by atomic mass is 16.4. The van der Waals surface area contributed by atoms with Gasteiger partial charge in [0.25, 0.3) is 0 Å². The van der Waals surface area contributed by atoms with Gasteiger partial charge in [0, 0.05) is 6.54 Å². The highest BCUT2D eigenvalue weighted by Gasteiger charge is 2.32. The number of aliphatic carboxylic acids is 1. The summed E-state index contributed by atoms with van der Waals surface area (Å²) in [5.74, 6) is -1.65. The number of carbonyl (C=O) groups is 2. The summed E-state index contributed by atoms with van der Waals surface area (Å²) in [6.07, 6.45) is -1.86. The molecule has 0 radical (unpaired) electrons. The number of amides is 2. The molecule has 16 heavy (non-hydrogen) atoms. The summed E-state index contributed by atoms with van der Waals surface area (Å²) in [4.78, 5) is 23.2. The second kappa shape index (κ2) is 5.13. The number of aliphatic hydroxyl groups excluding tert-OH is 2. The molecule has 1 saturated heterocycles. The van der Waals surface area contributed by atoms with Crippen LogP contribution in [0.3, 0.4) is 0 Å². The minimum atomic E-state index is -0.984. The van der Waals surface area contributed by atoms with E-state index in [9.17, 15) is 19.8 Å². The average molecular weight is 232 g/mol. The first kappa shape index (κ1) is 12.7. The van der Waals surface area contributed by atoms with Gasteiger partial charge in [-0.3, -0.25) is 4.79 Å². The molecule has 7 nitrogen and oxygen atoms in total. The van der Waals surface area contributed by atoms with Crippen LogP contribution < -0.4 is 5.32 Å². The summed E-state index contributed by atoms with van der Waals surface area (Å²) >= 11 is 0. The smallest absolute Gasteiger partial charge is 0.317 e. The van der Waals surface area contributed by atoms with E-state index in [1.165, 1.54) is 11.8 Å². The lowest BCUT2D eigenvalue weighted by molar-refractivity contribution is -0.140. The molecule has 1 rings (SSSR count). The molecule has 0 bridgehead atoms. The fourth-order valence-electron chi connectivity index (χ4n) is 1.37. The largest absolute Gasteiger partial charge is 0.481 e. The number of nitrogens with one attached hydrogen (secondary N) is 1. The summed E-state index contributed by atoms with van der Waals surface area (Å²) in [6.45, 7) is 1.63. The number of likely N-dealkylation sites (tertiary alicyclic amines) is 1. The molecule has 7 heteroatoms. The first-order valence-corrected chi connectivity index (χ1v) is 5.03. The average Bonchev–Trinajstić information content (AvgIpc) is 2.55. The van der Waals surface area contributed by atoms with Crippen molar-refractivity contribution in [1.82, 2.24) is 10.2 Å². The maximum atomic E-state index is 11.5. The van der Waals surface area contributed by atoms with E-state index < -0.39 is 30.1 Å². The third-order valence-corrected chi connectivity index (χ3v) is 2.53. The summed E-state index contributed by atoms with van der Waals surface area (Å²) in [7, 11) is 0. The minimum Gasteiger partial charge on any atom is -0.481 e. The fourth-order valence-corrected chi connectivity index (χ4v) is 1.37. The first-order valence-electron chi connectivity index (χ1n) is 5.03. The summed E-state index contributed by atoms with van der Waals surface area (Å²) in [6, 6.07) is -0.469. The fraction of sp³-hybridized carbons (Fsp3) is 0.778. The number of carboxylic acid groups (broad SMARTS) is 1. The molecule has 0 aliphatic carbocycles. The van der Waals surface area contributed by atoms with Gasteiger partial charge in [0.05, 0.1) is 31.2 Å². The number of carbonyl (C=O) groups excluding carboxylic acids is 1. The van der Waals surface area contributed by atoms with Crippen LogP contribution in [0.2, 0.25) is 0 Å². The Bertz CT molecular complexity index is 273. The van der Waals surface area contributed by atoms with Crippen LogP contribution in [-0.4, -0.2) is 64.1 Å². The molecule has 3 atom stereocenters. The zero-order valence-corrected chi connectivity index (χ0v) is 8.96. The number of aliphatic hydroxyl groups is 2. The predicted octanol–water partition coefficient (Wildman–Crippen LogP) is -1.55. The topological polar surface area (TPSA) is 110 Å². The number of hydrogen-bond donors (Lipinski definition) is 4. The van der Waals surface area contributed by atoms with E-state index in [1.54, 1.807) is 0 Å². The second-order valence-electron chi connectivity index (χ2n) is 3.97. The molecule has 0 aromatic carbocycles. The van der Waals surface area contributed by atoms with Gasteiger partial charge in [-0.2, -0.15) is 0 Å². The molecule has 1 fully saturated rings. The molecule has 3 unspecified atom stereocenters. The van der Waals surface area contributed by atoms with Gasteiger partial charge in [-0.05, 0) is 0 Å². The number of rotatable bonds is 3. The standard InChI is InChI=1S/C9H16N2O5/c1-5(8(14)15)2-10-9(16)11-3-6(12)7(13)4-11/h5-7,12-13H,2-4H2,1H3,(H,10,16)(H,14,15). The third kappa shape index (κ3) is 3.07. The summed E-state index contributed by atoms with van der Waals surface area (Å²) in [5.41, 5.74) is 0. The SMILES string of the molecule is CC(CNC(=O)N1CC(O)C(O)C1)C(=O)O. The maximum absolute atomic E-state index is 11.5. The lowest BCUT2D eigenvalue weighted by atomic mass is 10.2. The van der Waals surface area contributed by atoms with Crippen molar-refractivity contribution in [2.45, 2.75) is 19.1 Å². The van der Waals surface area contributed by atoms with Crippen LogP contribution in [-0.2, 0) is 4.79 Å². The number of β-amino-alcohol motifs (C(OH)–C–C–N with tert-alkyl or cyclic N) is 2. The lowest BCUT2D eigenvalue weighted by Gasteiger charge is -2.17. The Morgan fingerprint density at radius 2 is 1.88 bits per heavy atom. The van der Waals surface area contributed by atoms with Crippen LogP contribution >= 0.6 is 0 Å². The van der Waals surface area contributed by atoms with Crippen molar-refractivity contribution >= 4 is 12.0 Å². The van der Waals surface area contributed by atoms with E-state index in [0.717, 1.165) is 0 Å². The Kier molecular flexibility index (Phi) is 4.08. The maximum Gasteiger partial charge on any atom is 0.317 e. The normalized spacial score (nSPS) is 26.6. The molecular formula is C9H16N2O5. The molecular weight excluding hydrogens is 216 g/mol. The Morgan fingerprint density at radius 1 is 1.38 bits per heavy atom. The Morgan fingerprint density at radius 3 is 2.31 bits per heavy atom. The Hall–Kier alpha value is -1.34. The molecule has 0 spiro atoms. The van der Waals surface area contributed by atoms with Crippen LogP contribution in [0.5, 0.6) is 0 Å². The van der Waals surface area contributed by atoms with Crippen LogP contribution in [0.1, 0.15) is 6.92 Å². The van der Waals surface area contributed by atoms with Crippen molar-refractivity contribution in [1.29, 1.82) is 0 Å². The quantitative estimate of drug-likeness (QED) is 0.471. The molecule has 1 aliphatic heterocycles. The monoisotopic (exact) mass is 232 g/mol. The number of urea groups is 1. The van der Waals surface area contributed by atoms with E-state index in [1.807, 2.05) is 0 Å². The zero-order valence-electron chi connectivity index (χ0n) is 8.96. The van der Waals surface area contributed by atoms with Crippen molar-refractivity contribution in [3.05, 3.63) is 0 Å². The van der Waals surface area contributed by atoms with Gasteiger partial charge in [0.15, 0.2) is 0 Å². The van der Waals surface area contributed by atoms with Gasteiger partial charge in [-0.1, -0.05) is 6.92 Å². The molecule has 0 saturated carbocycles. The van der Waals surface area contributed by atoms with E-state index in [-0.39, 0.29) is 19.6 Å². The number of hydrogen-bond acceptors (Lipinski definition) is 4. The van der Waals surface area contributed by atoms with Crippen molar-refractivity contribution in [2.24, 2.45) is 5.92 Å². The summed E-state index contributed by atoms with van der Waals surface area (Å²) < 4.78 is 0. The Labute approximate surface area is 92.7 Å². The molecule has 4 N–H and O–H groups in total. The zero-order chi connectivity index (χ0) is 12.3. The number of nitrogens with zero attached hydrogens (tertiary/aromatic N) is 1. The van der Waals surface area contributed by atoms with Gasteiger partial charge < -0.3 is 25.5 Å². The van der Waals surface area contributed by atoms with Gasteiger partial charge in [-0.25, -0.2) is 4.79 Å². The molecule has 0 aromatic rings. The molecule has 1 heterocycles. The number of carboxylic acids is 1. The van der Waals surface area contributed by atoms with Crippen molar-refractivity contribution < 1.29 is 24.9 Å². The van der Waals surface area contributed by atoms with E-state index in [2.05, 4.69) is 5.32 Å². The third-order valence-electron chi connectivity index (χ3n) is 2.53. The van der Waals surface area contributed by atoms with E-state index in [4.69, 9.17) is 5.11 Å². The highest BCUT2D eigenvalue weighted by molar-refractivity contribution is 5.76. The van der Waals surface area contributed by atoms with Gasteiger partial charge >= 0.3 is 12.0 Å². The molecule has 1 aliphatic rings. The van der Waals surface area contributed by atoms with Crippen molar-refractivity contribution in [3.8, 4) is 0 Å². The molecule has 0 aromatic heterocycles. The van der Waals surface area contributed by atoms with Crippen LogP contribution in [0.15, 0.2) is 0 Å². The molecule has 92 valence electrons. The predicted molar refractivity (Wildman–Crippen MR) is 53.8 cm³/mol. The van der Waals surface area contributed by atoms with Gasteiger partial charge in [0.1, 0.15) is 0 Å². The van der Waals surface area contributed by atoms with Crippen LogP contribution in [0, 0.1) is 5.92 Å². The van der Waals surface area contributed by atoms with E-state index >= 15 is 0 Å². The van der Waals surface area contributed by atoms with E-state index in [0.29, 0.717) is 0 Å². The first-order chi connectivity index (χ1) is 7.41. The minimum absolute atomic E-state index is 0.0247.